The molecule has 13 heavy (non-hydrogen) atoms. The monoisotopic (exact) mass is 288 g/mol. The minimum Gasteiger partial charge on any atom is -0.370 e. The fourth-order valence-electron chi connectivity index (χ4n) is 1.60. The molecule has 2 rings (SSSR count). The third-order valence-electron chi connectivity index (χ3n) is 2.30. The normalized spacial score (nSPS) is 14.8. The highest BCUT2D eigenvalue weighted by molar-refractivity contribution is 14.1. The second-order valence-corrected chi connectivity index (χ2v) is 4.36. The van der Waals surface area contributed by atoms with Crippen molar-refractivity contribution in [3.05, 3.63) is 23.4 Å². The number of anilines is 1. The van der Waals surface area contributed by atoms with Crippen molar-refractivity contribution in [1.82, 2.24) is 4.98 Å². The summed E-state index contributed by atoms with van der Waals surface area (Å²) >= 11 is 2.39. The number of rotatable bonds is 2. The van der Waals surface area contributed by atoms with Gasteiger partial charge in [0.1, 0.15) is 5.82 Å². The third-order valence-corrected chi connectivity index (χ3v) is 2.84. The molecule has 0 aliphatic carbocycles. The van der Waals surface area contributed by atoms with Crippen molar-refractivity contribution in [2.75, 3.05) is 16.3 Å². The Kier molecular flexibility index (Phi) is 3.03. The fraction of sp³-hybridized carbons (Fsp3) is 0.500. The van der Waals surface area contributed by atoms with E-state index in [9.17, 15) is 0 Å². The molecule has 1 aliphatic rings. The molecule has 0 saturated heterocycles. The van der Waals surface area contributed by atoms with Crippen molar-refractivity contribution < 1.29 is 0 Å². The van der Waals surface area contributed by atoms with Gasteiger partial charge in [-0.3, -0.25) is 0 Å². The number of halogens is 1. The molecule has 0 radical (unpaired) electrons. The minimum atomic E-state index is 1.08. The number of aryl methyl sites for hydroxylation is 2. The summed E-state index contributed by atoms with van der Waals surface area (Å²) in [6.07, 6.45) is 3.50. The van der Waals surface area contributed by atoms with Crippen molar-refractivity contribution in [2.24, 2.45) is 0 Å². The van der Waals surface area contributed by atoms with Crippen LogP contribution < -0.4 is 5.32 Å². The van der Waals surface area contributed by atoms with Gasteiger partial charge in [0, 0.05) is 16.7 Å². The van der Waals surface area contributed by atoms with Gasteiger partial charge in [0.25, 0.3) is 0 Å². The van der Waals surface area contributed by atoms with Crippen molar-refractivity contribution >= 4 is 28.4 Å². The SMILES string of the molecule is ICCc1ccc2c(n1)NCCC2. The Balaban J connectivity index is 2.24. The number of pyridine rings is 1. The van der Waals surface area contributed by atoms with Gasteiger partial charge in [-0.1, -0.05) is 28.7 Å². The number of aromatic nitrogens is 1. The Bertz CT molecular complexity index is 299. The van der Waals surface area contributed by atoms with E-state index < -0.39 is 0 Å². The molecule has 1 aromatic rings. The number of fused-ring (bicyclic) bond motifs is 1. The van der Waals surface area contributed by atoms with Gasteiger partial charge in [0.05, 0.1) is 0 Å². The van der Waals surface area contributed by atoms with Crippen LogP contribution in [0.2, 0.25) is 0 Å². The Morgan fingerprint density at radius 1 is 1.46 bits per heavy atom. The topological polar surface area (TPSA) is 24.9 Å². The van der Waals surface area contributed by atoms with Gasteiger partial charge in [-0.2, -0.15) is 0 Å². The average molecular weight is 288 g/mol. The molecule has 0 saturated carbocycles. The second-order valence-electron chi connectivity index (χ2n) is 3.28. The summed E-state index contributed by atoms with van der Waals surface area (Å²) < 4.78 is 1.14. The number of hydrogen-bond acceptors (Lipinski definition) is 2. The highest BCUT2D eigenvalue weighted by Gasteiger charge is 2.09. The van der Waals surface area contributed by atoms with Gasteiger partial charge in [-0.05, 0) is 30.9 Å². The van der Waals surface area contributed by atoms with Gasteiger partial charge in [0.15, 0.2) is 0 Å². The predicted molar refractivity (Wildman–Crippen MR) is 63.6 cm³/mol. The van der Waals surface area contributed by atoms with E-state index in [2.05, 4.69) is 45.0 Å². The average Bonchev–Trinajstić information content (AvgIpc) is 2.18. The van der Waals surface area contributed by atoms with Gasteiger partial charge in [-0.25, -0.2) is 4.98 Å². The molecule has 0 unspecified atom stereocenters. The van der Waals surface area contributed by atoms with Crippen LogP contribution in [0.4, 0.5) is 5.82 Å². The van der Waals surface area contributed by atoms with Crippen molar-refractivity contribution in [3.63, 3.8) is 0 Å². The minimum absolute atomic E-state index is 1.08. The second kappa shape index (κ2) is 4.26. The summed E-state index contributed by atoms with van der Waals surface area (Å²) in [6.45, 7) is 1.08. The van der Waals surface area contributed by atoms with Crippen LogP contribution in [0.1, 0.15) is 17.7 Å². The van der Waals surface area contributed by atoms with Crippen molar-refractivity contribution in [3.8, 4) is 0 Å². The summed E-state index contributed by atoms with van der Waals surface area (Å²) in [5.74, 6) is 1.12. The van der Waals surface area contributed by atoms with Crippen molar-refractivity contribution in [1.29, 1.82) is 0 Å². The maximum absolute atomic E-state index is 4.59. The summed E-state index contributed by atoms with van der Waals surface area (Å²) in [7, 11) is 0. The lowest BCUT2D eigenvalue weighted by Crippen LogP contribution is -2.14. The quantitative estimate of drug-likeness (QED) is 0.668. The first-order valence-electron chi connectivity index (χ1n) is 4.69. The van der Waals surface area contributed by atoms with E-state index in [0.29, 0.717) is 0 Å². The van der Waals surface area contributed by atoms with E-state index in [1.54, 1.807) is 0 Å². The number of alkyl halides is 1. The van der Waals surface area contributed by atoms with Crippen LogP contribution in [-0.2, 0) is 12.8 Å². The van der Waals surface area contributed by atoms with E-state index in [1.165, 1.54) is 24.1 Å². The van der Waals surface area contributed by atoms with E-state index >= 15 is 0 Å². The van der Waals surface area contributed by atoms with Gasteiger partial charge < -0.3 is 5.32 Å². The van der Waals surface area contributed by atoms with Crippen LogP contribution in [0.25, 0.3) is 0 Å². The van der Waals surface area contributed by atoms with Crippen LogP contribution in [0.5, 0.6) is 0 Å². The molecule has 1 aliphatic heterocycles. The molecule has 70 valence electrons. The van der Waals surface area contributed by atoms with Crippen LogP contribution in [0.15, 0.2) is 12.1 Å². The van der Waals surface area contributed by atoms with Crippen LogP contribution in [0, 0.1) is 0 Å². The third kappa shape index (κ3) is 2.13. The highest BCUT2D eigenvalue weighted by atomic mass is 127. The van der Waals surface area contributed by atoms with Crippen molar-refractivity contribution in [2.45, 2.75) is 19.3 Å². The van der Waals surface area contributed by atoms with Crippen LogP contribution >= 0.6 is 22.6 Å². The van der Waals surface area contributed by atoms with Gasteiger partial charge >= 0.3 is 0 Å². The number of hydrogen-bond donors (Lipinski definition) is 1. The fourth-order valence-corrected chi connectivity index (χ4v) is 2.16. The molecule has 0 aromatic carbocycles. The Hall–Kier alpha value is -0.320. The standard InChI is InChI=1S/C10H13IN2/c11-6-5-9-4-3-8-2-1-7-12-10(8)13-9/h3-4H,1-2,5-7H2,(H,12,13). The Labute approximate surface area is 92.3 Å². The van der Waals surface area contributed by atoms with Crippen LogP contribution in [0.3, 0.4) is 0 Å². The highest BCUT2D eigenvalue weighted by Crippen LogP contribution is 2.19. The molecule has 1 N–H and O–H groups in total. The largest absolute Gasteiger partial charge is 0.370 e. The molecular weight excluding hydrogens is 275 g/mol. The smallest absolute Gasteiger partial charge is 0.129 e. The summed E-state index contributed by atoms with van der Waals surface area (Å²) in [4.78, 5) is 4.59. The van der Waals surface area contributed by atoms with E-state index in [-0.39, 0.29) is 0 Å². The number of nitrogens with zero attached hydrogens (tertiary/aromatic N) is 1. The summed E-state index contributed by atoms with van der Waals surface area (Å²) in [5, 5.41) is 3.35. The molecule has 0 spiro atoms. The molecule has 2 nitrogen and oxygen atoms in total. The predicted octanol–water partition coefficient (Wildman–Crippen LogP) is 2.42. The molecule has 3 heteroatoms. The lowest BCUT2D eigenvalue weighted by atomic mass is 10.1. The first-order valence-corrected chi connectivity index (χ1v) is 6.21. The molecule has 1 aromatic heterocycles. The van der Waals surface area contributed by atoms with E-state index in [1.807, 2.05) is 0 Å². The molecular formula is C10H13IN2. The number of nitrogens with one attached hydrogen (secondary N) is 1. The zero-order valence-electron chi connectivity index (χ0n) is 7.52. The maximum Gasteiger partial charge on any atom is 0.129 e. The Morgan fingerprint density at radius 2 is 2.38 bits per heavy atom. The van der Waals surface area contributed by atoms with E-state index in [0.717, 1.165) is 23.2 Å². The van der Waals surface area contributed by atoms with Gasteiger partial charge in [0.2, 0.25) is 0 Å². The van der Waals surface area contributed by atoms with E-state index in [4.69, 9.17) is 0 Å². The zero-order chi connectivity index (χ0) is 9.10. The molecule has 0 atom stereocenters. The Morgan fingerprint density at radius 3 is 3.23 bits per heavy atom. The molecule has 2 heterocycles. The van der Waals surface area contributed by atoms with Gasteiger partial charge in [-0.15, -0.1) is 0 Å². The molecule has 0 amide bonds. The van der Waals surface area contributed by atoms with Crippen LogP contribution in [-0.4, -0.2) is 16.0 Å². The first-order chi connectivity index (χ1) is 6.40. The lowest BCUT2D eigenvalue weighted by molar-refractivity contribution is 0.812. The maximum atomic E-state index is 4.59. The first kappa shape index (κ1) is 9.24. The molecule has 0 bridgehead atoms. The zero-order valence-corrected chi connectivity index (χ0v) is 9.67. The molecule has 0 fully saturated rings. The lowest BCUT2D eigenvalue weighted by Gasteiger charge is -2.17. The summed E-state index contributed by atoms with van der Waals surface area (Å²) in [6, 6.07) is 4.38. The summed E-state index contributed by atoms with van der Waals surface area (Å²) in [5.41, 5.74) is 2.59.